The summed E-state index contributed by atoms with van der Waals surface area (Å²) >= 11 is 5.72. The summed E-state index contributed by atoms with van der Waals surface area (Å²) in [6.07, 6.45) is 1.09. The highest BCUT2D eigenvalue weighted by Crippen LogP contribution is 2.26. The van der Waals surface area contributed by atoms with E-state index in [9.17, 15) is 4.39 Å². The maximum atomic E-state index is 13.6. The van der Waals surface area contributed by atoms with Gasteiger partial charge < -0.3 is 5.73 Å². The average Bonchev–Trinajstić information content (AvgIpc) is 2.33. The Morgan fingerprint density at radius 3 is 2.42 bits per heavy atom. The molecule has 108 valence electrons. The first kappa shape index (κ1) is 16.4. The van der Waals surface area contributed by atoms with Crippen LogP contribution in [0.15, 0.2) is 18.2 Å². The molecular weight excluding hydrogens is 263 g/mol. The Bertz CT molecular complexity index is 409. The largest absolute Gasteiger partial charge is 0.329 e. The highest BCUT2D eigenvalue weighted by Gasteiger charge is 2.21. The van der Waals surface area contributed by atoms with E-state index in [1.807, 2.05) is 13.1 Å². The van der Waals surface area contributed by atoms with E-state index in [0.29, 0.717) is 18.5 Å². The summed E-state index contributed by atoms with van der Waals surface area (Å²) in [4.78, 5) is 2.21. The summed E-state index contributed by atoms with van der Waals surface area (Å²) < 4.78 is 13.6. The van der Waals surface area contributed by atoms with E-state index >= 15 is 0 Å². The quantitative estimate of drug-likeness (QED) is 0.861. The first-order valence-electron chi connectivity index (χ1n) is 6.73. The van der Waals surface area contributed by atoms with Gasteiger partial charge in [-0.2, -0.15) is 0 Å². The Morgan fingerprint density at radius 2 is 1.95 bits per heavy atom. The third-order valence-electron chi connectivity index (χ3n) is 3.55. The predicted octanol–water partition coefficient (Wildman–Crippen LogP) is 3.85. The number of rotatable bonds is 6. The molecule has 0 aliphatic heterocycles. The molecule has 0 radical (unpaired) electrons. The normalized spacial score (nSPS) is 15.0. The predicted molar refractivity (Wildman–Crippen MR) is 79.9 cm³/mol. The van der Waals surface area contributed by atoms with Crippen LogP contribution in [-0.2, 0) is 0 Å². The Hall–Kier alpha value is -0.640. The van der Waals surface area contributed by atoms with E-state index in [-0.39, 0.29) is 16.9 Å². The summed E-state index contributed by atoms with van der Waals surface area (Å²) in [5, 5.41) is 0.150. The van der Waals surface area contributed by atoms with Gasteiger partial charge in [0.2, 0.25) is 0 Å². The Labute approximate surface area is 120 Å². The lowest BCUT2D eigenvalue weighted by atomic mass is 9.99. The first-order chi connectivity index (χ1) is 8.86. The van der Waals surface area contributed by atoms with Crippen LogP contribution in [0.2, 0.25) is 5.02 Å². The second-order valence-corrected chi connectivity index (χ2v) is 5.98. The molecule has 0 fully saturated rings. The fourth-order valence-corrected chi connectivity index (χ4v) is 2.53. The van der Waals surface area contributed by atoms with E-state index in [1.165, 1.54) is 6.07 Å². The van der Waals surface area contributed by atoms with E-state index in [2.05, 4.69) is 25.7 Å². The number of nitrogens with zero attached hydrogens (tertiary/aromatic N) is 1. The smallest absolute Gasteiger partial charge is 0.142 e. The van der Waals surface area contributed by atoms with Crippen molar-refractivity contribution in [2.24, 2.45) is 11.7 Å². The van der Waals surface area contributed by atoms with Crippen LogP contribution in [0.4, 0.5) is 4.39 Å². The Balaban J connectivity index is 2.89. The van der Waals surface area contributed by atoms with Crippen molar-refractivity contribution in [1.82, 2.24) is 4.90 Å². The van der Waals surface area contributed by atoms with Crippen LogP contribution >= 0.6 is 11.6 Å². The van der Waals surface area contributed by atoms with Crippen LogP contribution in [0, 0.1) is 11.7 Å². The number of nitrogens with two attached hydrogens (primary N) is 1. The summed E-state index contributed by atoms with van der Waals surface area (Å²) in [5.41, 5.74) is 6.74. The number of hydrogen-bond acceptors (Lipinski definition) is 2. The third-order valence-corrected chi connectivity index (χ3v) is 3.86. The minimum atomic E-state index is -0.387. The minimum Gasteiger partial charge on any atom is -0.329 e. The van der Waals surface area contributed by atoms with Gasteiger partial charge in [-0.1, -0.05) is 31.5 Å². The summed E-state index contributed by atoms with van der Waals surface area (Å²) in [6.45, 7) is 7.03. The topological polar surface area (TPSA) is 29.3 Å². The zero-order valence-electron chi connectivity index (χ0n) is 12.2. The van der Waals surface area contributed by atoms with Crippen molar-refractivity contribution in [3.8, 4) is 0 Å². The van der Waals surface area contributed by atoms with Crippen LogP contribution < -0.4 is 5.73 Å². The minimum absolute atomic E-state index is 0.0144. The standard InChI is InChI=1S/C15H24ClFN2/c1-10(2)7-11(3)19(4)15(9-18)12-5-6-13(16)14(17)8-12/h5-6,8,10-11,15H,7,9,18H2,1-4H3. The number of likely N-dealkylation sites (N-methyl/N-ethyl adjacent to an activating group) is 1. The zero-order chi connectivity index (χ0) is 14.6. The molecule has 0 aliphatic carbocycles. The summed E-state index contributed by atoms with van der Waals surface area (Å²) in [7, 11) is 2.04. The Kier molecular flexibility index (Phi) is 6.24. The third kappa shape index (κ3) is 4.44. The number of benzene rings is 1. The van der Waals surface area contributed by atoms with Crippen molar-refractivity contribution in [2.45, 2.75) is 39.3 Å². The van der Waals surface area contributed by atoms with Crippen LogP contribution in [0.3, 0.4) is 0 Å². The maximum absolute atomic E-state index is 13.6. The lowest BCUT2D eigenvalue weighted by Gasteiger charge is -2.33. The number of halogens is 2. The lowest BCUT2D eigenvalue weighted by Crippen LogP contribution is -2.37. The molecule has 0 saturated carbocycles. The van der Waals surface area contributed by atoms with Crippen molar-refractivity contribution >= 4 is 11.6 Å². The Morgan fingerprint density at radius 1 is 1.32 bits per heavy atom. The molecule has 2 nitrogen and oxygen atoms in total. The molecule has 4 heteroatoms. The molecular formula is C15H24ClFN2. The van der Waals surface area contributed by atoms with Crippen molar-refractivity contribution < 1.29 is 4.39 Å². The van der Waals surface area contributed by atoms with Gasteiger partial charge in [-0.25, -0.2) is 4.39 Å². The first-order valence-corrected chi connectivity index (χ1v) is 7.11. The zero-order valence-corrected chi connectivity index (χ0v) is 12.9. The fraction of sp³-hybridized carbons (Fsp3) is 0.600. The van der Waals surface area contributed by atoms with Crippen LogP contribution in [0.1, 0.15) is 38.8 Å². The second kappa shape index (κ2) is 7.22. The fourth-order valence-electron chi connectivity index (χ4n) is 2.41. The monoisotopic (exact) mass is 286 g/mol. The number of hydrogen-bond donors (Lipinski definition) is 1. The molecule has 0 spiro atoms. The van der Waals surface area contributed by atoms with Crippen LogP contribution in [-0.4, -0.2) is 24.5 Å². The van der Waals surface area contributed by atoms with E-state index in [1.54, 1.807) is 6.07 Å². The van der Waals surface area contributed by atoms with Gasteiger partial charge in [0.05, 0.1) is 5.02 Å². The van der Waals surface area contributed by atoms with Gasteiger partial charge in [-0.15, -0.1) is 0 Å². The molecule has 2 N–H and O–H groups in total. The maximum Gasteiger partial charge on any atom is 0.142 e. The van der Waals surface area contributed by atoms with Crippen molar-refractivity contribution in [3.63, 3.8) is 0 Å². The van der Waals surface area contributed by atoms with Gasteiger partial charge in [0.25, 0.3) is 0 Å². The van der Waals surface area contributed by atoms with Gasteiger partial charge in [0, 0.05) is 18.6 Å². The summed E-state index contributed by atoms with van der Waals surface area (Å²) in [6, 6.07) is 5.34. The molecule has 2 atom stereocenters. The van der Waals surface area contributed by atoms with Crippen LogP contribution in [0.5, 0.6) is 0 Å². The lowest BCUT2D eigenvalue weighted by molar-refractivity contribution is 0.168. The molecule has 19 heavy (non-hydrogen) atoms. The molecule has 2 unspecified atom stereocenters. The summed E-state index contributed by atoms with van der Waals surface area (Å²) in [5.74, 6) is 0.236. The molecule has 0 aromatic heterocycles. The van der Waals surface area contributed by atoms with Crippen LogP contribution in [0.25, 0.3) is 0 Å². The van der Waals surface area contributed by atoms with Crippen molar-refractivity contribution in [3.05, 3.63) is 34.6 Å². The highest BCUT2D eigenvalue weighted by atomic mass is 35.5. The second-order valence-electron chi connectivity index (χ2n) is 5.57. The molecule has 0 bridgehead atoms. The molecule has 1 aromatic carbocycles. The van der Waals surface area contributed by atoms with E-state index in [0.717, 1.165) is 12.0 Å². The average molecular weight is 287 g/mol. The van der Waals surface area contributed by atoms with E-state index < -0.39 is 0 Å². The van der Waals surface area contributed by atoms with E-state index in [4.69, 9.17) is 17.3 Å². The van der Waals surface area contributed by atoms with Crippen molar-refractivity contribution in [2.75, 3.05) is 13.6 Å². The highest BCUT2D eigenvalue weighted by molar-refractivity contribution is 6.30. The van der Waals surface area contributed by atoms with Crippen molar-refractivity contribution in [1.29, 1.82) is 0 Å². The van der Waals surface area contributed by atoms with Gasteiger partial charge in [-0.3, -0.25) is 4.90 Å². The SMILES string of the molecule is CC(C)CC(C)N(C)C(CN)c1ccc(Cl)c(F)c1. The van der Waals surface area contributed by atoms with Gasteiger partial charge in [0.1, 0.15) is 5.82 Å². The van der Waals surface area contributed by atoms with Gasteiger partial charge in [0.15, 0.2) is 0 Å². The molecule has 0 aliphatic rings. The molecule has 0 amide bonds. The van der Waals surface area contributed by atoms with Gasteiger partial charge in [-0.05, 0) is 44.0 Å². The molecule has 1 rings (SSSR count). The molecule has 0 saturated heterocycles. The van der Waals surface area contributed by atoms with Gasteiger partial charge >= 0.3 is 0 Å². The molecule has 1 aromatic rings. The molecule has 0 heterocycles.